The molecule has 0 saturated carbocycles. The Hall–Kier alpha value is -1.87. The fourth-order valence-electron chi connectivity index (χ4n) is 2.09. The highest BCUT2D eigenvalue weighted by Gasteiger charge is 2.35. The van der Waals surface area contributed by atoms with Crippen molar-refractivity contribution < 1.29 is 24.2 Å². The summed E-state index contributed by atoms with van der Waals surface area (Å²) in [5.74, 6) is -1.13. The van der Waals surface area contributed by atoms with E-state index in [-0.39, 0.29) is 18.0 Å². The summed E-state index contributed by atoms with van der Waals surface area (Å²) in [7, 11) is 0. The maximum absolute atomic E-state index is 11.7. The highest BCUT2D eigenvalue weighted by molar-refractivity contribution is 5.80. The Bertz CT molecular complexity index is 485. The number of carbonyl (C=O) groups is 3. The molecule has 0 spiro atoms. The molecule has 5 N–H and O–H groups in total. The molecule has 1 unspecified atom stereocenters. The van der Waals surface area contributed by atoms with E-state index in [1.54, 1.807) is 20.8 Å². The number of carboxylic acids is 1. The number of unbranched alkanes of at least 4 members (excludes halogenated alkanes) is 1. The number of ether oxygens (including phenoxy) is 1. The SMILES string of the molecule is CC1(CCC(=O)NCCCCC(NC(=O)OC(C)(C)C)C(=O)O)NN1. The number of aliphatic carboxylic acids is 1. The third-order valence-corrected chi connectivity index (χ3v) is 3.63. The fourth-order valence-corrected chi connectivity index (χ4v) is 2.09. The summed E-state index contributed by atoms with van der Waals surface area (Å²) >= 11 is 0. The predicted octanol–water partition coefficient (Wildman–Crippen LogP) is 0.855. The molecule has 0 bridgehead atoms. The zero-order valence-corrected chi connectivity index (χ0v) is 15.4. The normalized spacial score (nSPS) is 16.6. The van der Waals surface area contributed by atoms with Crippen molar-refractivity contribution in [2.45, 2.75) is 77.1 Å². The van der Waals surface area contributed by atoms with Crippen LogP contribution in [0.4, 0.5) is 4.79 Å². The van der Waals surface area contributed by atoms with Crippen LogP contribution in [0.1, 0.15) is 59.8 Å². The first-order valence-corrected chi connectivity index (χ1v) is 8.54. The van der Waals surface area contributed by atoms with Gasteiger partial charge in [0, 0.05) is 13.0 Å². The van der Waals surface area contributed by atoms with Gasteiger partial charge in [0.1, 0.15) is 11.6 Å². The van der Waals surface area contributed by atoms with E-state index in [1.165, 1.54) is 0 Å². The van der Waals surface area contributed by atoms with Crippen molar-refractivity contribution in [3.05, 3.63) is 0 Å². The van der Waals surface area contributed by atoms with Gasteiger partial charge in [-0.25, -0.2) is 20.4 Å². The number of hydrogen-bond acceptors (Lipinski definition) is 6. The molecule has 0 radical (unpaired) electrons. The maximum Gasteiger partial charge on any atom is 0.408 e. The van der Waals surface area contributed by atoms with Crippen LogP contribution in [0.15, 0.2) is 0 Å². The Labute approximate surface area is 148 Å². The largest absolute Gasteiger partial charge is 0.480 e. The standard InChI is InChI=1S/C16H30N4O5/c1-15(2,3)25-14(24)18-11(13(22)23)7-5-6-10-17-12(21)8-9-16(4)19-20-16/h11,19-20H,5-10H2,1-4H3,(H,17,21)(H,18,24)(H,22,23). The number of amides is 2. The first kappa shape index (κ1) is 21.2. The van der Waals surface area contributed by atoms with Gasteiger partial charge in [-0.3, -0.25) is 4.79 Å². The third-order valence-electron chi connectivity index (χ3n) is 3.63. The highest BCUT2D eigenvalue weighted by Crippen LogP contribution is 2.15. The van der Waals surface area contributed by atoms with Crippen molar-refractivity contribution in [1.82, 2.24) is 21.5 Å². The Kier molecular flexibility index (Phi) is 7.62. The van der Waals surface area contributed by atoms with E-state index in [2.05, 4.69) is 21.5 Å². The molecule has 1 aliphatic rings. The molecule has 25 heavy (non-hydrogen) atoms. The molecule has 0 aromatic heterocycles. The van der Waals surface area contributed by atoms with Crippen LogP contribution in [0.25, 0.3) is 0 Å². The van der Waals surface area contributed by atoms with Crippen LogP contribution < -0.4 is 21.5 Å². The fraction of sp³-hybridized carbons (Fsp3) is 0.812. The highest BCUT2D eigenvalue weighted by atomic mass is 16.6. The van der Waals surface area contributed by atoms with E-state index in [9.17, 15) is 14.4 Å². The van der Waals surface area contributed by atoms with Gasteiger partial charge >= 0.3 is 12.1 Å². The smallest absolute Gasteiger partial charge is 0.408 e. The topological polar surface area (TPSA) is 149 Å². The van der Waals surface area contributed by atoms with Crippen molar-refractivity contribution in [1.29, 1.82) is 0 Å². The molecule has 0 aromatic carbocycles. The zero-order valence-electron chi connectivity index (χ0n) is 15.4. The molecule has 0 aromatic rings. The number of nitrogens with one attached hydrogen (secondary N) is 4. The van der Waals surface area contributed by atoms with Gasteiger partial charge in [0.15, 0.2) is 0 Å². The number of carboxylic acid groups (broad SMARTS) is 1. The molecule has 1 atom stereocenters. The van der Waals surface area contributed by atoms with Crippen LogP contribution in [0, 0.1) is 0 Å². The number of alkyl carbamates (subject to hydrolysis) is 1. The molecule has 9 nitrogen and oxygen atoms in total. The van der Waals surface area contributed by atoms with E-state index in [4.69, 9.17) is 9.84 Å². The average molecular weight is 358 g/mol. The molecule has 2 amide bonds. The van der Waals surface area contributed by atoms with Crippen LogP contribution in [0.5, 0.6) is 0 Å². The Morgan fingerprint density at radius 2 is 1.84 bits per heavy atom. The molecule has 144 valence electrons. The molecule has 1 aliphatic heterocycles. The minimum Gasteiger partial charge on any atom is -0.480 e. The Morgan fingerprint density at radius 1 is 1.20 bits per heavy atom. The zero-order chi connectivity index (χ0) is 19.1. The monoisotopic (exact) mass is 358 g/mol. The average Bonchev–Trinajstić information content (AvgIpc) is 3.19. The van der Waals surface area contributed by atoms with E-state index < -0.39 is 23.7 Å². The Balaban J connectivity index is 2.16. The lowest BCUT2D eigenvalue weighted by atomic mass is 10.1. The second-order valence-corrected chi connectivity index (χ2v) is 7.46. The van der Waals surface area contributed by atoms with Gasteiger partial charge in [0.25, 0.3) is 0 Å². The predicted molar refractivity (Wildman–Crippen MR) is 91.6 cm³/mol. The van der Waals surface area contributed by atoms with E-state index in [0.717, 1.165) is 0 Å². The lowest BCUT2D eigenvalue weighted by molar-refractivity contribution is -0.139. The van der Waals surface area contributed by atoms with Crippen LogP contribution in [0.3, 0.4) is 0 Å². The van der Waals surface area contributed by atoms with Crippen LogP contribution in [0.2, 0.25) is 0 Å². The van der Waals surface area contributed by atoms with E-state index in [1.807, 2.05) is 6.92 Å². The summed E-state index contributed by atoms with van der Waals surface area (Å²) in [5.41, 5.74) is 5.12. The van der Waals surface area contributed by atoms with Crippen molar-refractivity contribution in [2.75, 3.05) is 6.54 Å². The summed E-state index contributed by atoms with van der Waals surface area (Å²) in [6.07, 6.45) is 1.86. The number of rotatable bonds is 10. The molecule has 9 heteroatoms. The minimum atomic E-state index is -1.10. The molecule has 1 saturated heterocycles. The second kappa shape index (κ2) is 9.00. The van der Waals surface area contributed by atoms with Crippen LogP contribution >= 0.6 is 0 Å². The van der Waals surface area contributed by atoms with Gasteiger partial charge in [-0.2, -0.15) is 0 Å². The molecular formula is C16H30N4O5. The Morgan fingerprint density at radius 3 is 2.36 bits per heavy atom. The van der Waals surface area contributed by atoms with Crippen molar-refractivity contribution in [2.24, 2.45) is 0 Å². The quantitative estimate of drug-likeness (QED) is 0.287. The van der Waals surface area contributed by atoms with Gasteiger partial charge < -0.3 is 20.5 Å². The molecule has 1 rings (SSSR count). The maximum atomic E-state index is 11.7. The summed E-state index contributed by atoms with van der Waals surface area (Å²) in [4.78, 5) is 34.5. The third kappa shape index (κ3) is 9.88. The number of hydrogen-bond donors (Lipinski definition) is 5. The number of carbonyl (C=O) groups excluding carboxylic acids is 2. The van der Waals surface area contributed by atoms with Crippen molar-refractivity contribution >= 4 is 18.0 Å². The van der Waals surface area contributed by atoms with Gasteiger partial charge in [-0.05, 0) is 53.4 Å². The van der Waals surface area contributed by atoms with Crippen LogP contribution in [-0.4, -0.2) is 46.9 Å². The summed E-state index contributed by atoms with van der Waals surface area (Å²) in [6.45, 7) is 7.58. The van der Waals surface area contributed by atoms with Crippen molar-refractivity contribution in [3.63, 3.8) is 0 Å². The molecule has 0 aliphatic carbocycles. The van der Waals surface area contributed by atoms with Gasteiger partial charge in [0.05, 0.1) is 5.66 Å². The van der Waals surface area contributed by atoms with Gasteiger partial charge in [-0.15, -0.1) is 0 Å². The van der Waals surface area contributed by atoms with Crippen molar-refractivity contribution in [3.8, 4) is 0 Å². The lowest BCUT2D eigenvalue weighted by Crippen LogP contribution is -2.43. The summed E-state index contributed by atoms with van der Waals surface area (Å²) in [5, 5.41) is 14.3. The first-order chi connectivity index (χ1) is 11.5. The first-order valence-electron chi connectivity index (χ1n) is 8.54. The second-order valence-electron chi connectivity index (χ2n) is 7.46. The molecular weight excluding hydrogens is 328 g/mol. The van der Waals surface area contributed by atoms with Crippen LogP contribution in [-0.2, 0) is 14.3 Å². The summed E-state index contributed by atoms with van der Waals surface area (Å²) < 4.78 is 5.06. The van der Waals surface area contributed by atoms with E-state index >= 15 is 0 Å². The molecule has 1 fully saturated rings. The number of hydrazine groups is 1. The lowest BCUT2D eigenvalue weighted by Gasteiger charge is -2.22. The van der Waals surface area contributed by atoms with E-state index in [0.29, 0.717) is 32.2 Å². The van der Waals surface area contributed by atoms with Gasteiger partial charge in [0.2, 0.25) is 5.91 Å². The summed E-state index contributed by atoms with van der Waals surface area (Å²) in [6, 6.07) is -1.00. The minimum absolute atomic E-state index is 0.0293. The van der Waals surface area contributed by atoms with Gasteiger partial charge in [-0.1, -0.05) is 0 Å². The molecule has 1 heterocycles.